The van der Waals surface area contributed by atoms with Gasteiger partial charge in [0.2, 0.25) is 0 Å². The zero-order valence-electron chi connectivity index (χ0n) is 9.52. The summed E-state index contributed by atoms with van der Waals surface area (Å²) in [5.74, 6) is -1.46. The van der Waals surface area contributed by atoms with Crippen LogP contribution in [0.3, 0.4) is 0 Å². The minimum absolute atomic E-state index is 0.224. The predicted octanol–water partition coefficient (Wildman–Crippen LogP) is 2.51. The number of carbonyl (C=O) groups is 1. The van der Waals surface area contributed by atoms with Gasteiger partial charge < -0.3 is 5.11 Å². The molecule has 1 heterocycles. The Bertz CT molecular complexity index is 610. The molecule has 2 rings (SSSR count). The molecule has 6 heteroatoms. The maximum Gasteiger partial charge on any atom is 0.309 e. The van der Waals surface area contributed by atoms with Crippen molar-refractivity contribution in [3.8, 4) is 11.1 Å². The average molecular weight is 269 g/mol. The van der Waals surface area contributed by atoms with Crippen molar-refractivity contribution in [2.24, 2.45) is 7.05 Å². The number of rotatable bonds is 3. The molecule has 0 amide bonds. The fourth-order valence-electron chi connectivity index (χ4n) is 1.74. The van der Waals surface area contributed by atoms with Gasteiger partial charge in [-0.15, -0.1) is 0 Å². The minimum atomic E-state index is -0.998. The lowest BCUT2D eigenvalue weighted by Crippen LogP contribution is -2.07. The second kappa shape index (κ2) is 4.78. The highest BCUT2D eigenvalue weighted by Crippen LogP contribution is 2.28. The lowest BCUT2D eigenvalue weighted by Gasteiger charge is -2.05. The van der Waals surface area contributed by atoms with Gasteiger partial charge in [-0.25, -0.2) is 4.39 Å². The molecule has 0 bridgehead atoms. The monoisotopic (exact) mass is 268 g/mol. The molecule has 1 N–H and O–H groups in total. The van der Waals surface area contributed by atoms with Crippen molar-refractivity contribution in [2.75, 3.05) is 0 Å². The van der Waals surface area contributed by atoms with Crippen molar-refractivity contribution in [3.63, 3.8) is 0 Å². The van der Waals surface area contributed by atoms with Crippen molar-refractivity contribution in [3.05, 3.63) is 40.9 Å². The first kappa shape index (κ1) is 12.6. The second-order valence-electron chi connectivity index (χ2n) is 3.82. The smallest absolute Gasteiger partial charge is 0.309 e. The summed E-state index contributed by atoms with van der Waals surface area (Å²) in [7, 11) is 1.62. The number of hydrogen-bond acceptors (Lipinski definition) is 2. The van der Waals surface area contributed by atoms with Gasteiger partial charge in [0, 0.05) is 23.2 Å². The van der Waals surface area contributed by atoms with Crippen LogP contribution in [0.15, 0.2) is 24.4 Å². The number of carboxylic acids is 1. The molecule has 0 atom stereocenters. The average Bonchev–Trinajstić information content (AvgIpc) is 2.64. The Morgan fingerprint density at radius 3 is 2.89 bits per heavy atom. The van der Waals surface area contributed by atoms with Crippen LogP contribution in [0.2, 0.25) is 5.02 Å². The molecule has 0 fully saturated rings. The van der Waals surface area contributed by atoms with E-state index < -0.39 is 11.8 Å². The third-order valence-corrected chi connectivity index (χ3v) is 2.83. The third kappa shape index (κ3) is 2.36. The van der Waals surface area contributed by atoms with Crippen LogP contribution in [-0.2, 0) is 18.3 Å². The highest BCUT2D eigenvalue weighted by atomic mass is 35.5. The van der Waals surface area contributed by atoms with Crippen LogP contribution >= 0.6 is 11.6 Å². The Morgan fingerprint density at radius 1 is 1.50 bits per heavy atom. The first-order valence-electron chi connectivity index (χ1n) is 5.17. The first-order valence-corrected chi connectivity index (χ1v) is 5.55. The molecule has 18 heavy (non-hydrogen) atoms. The summed E-state index contributed by atoms with van der Waals surface area (Å²) in [5.41, 5.74) is 1.13. The van der Waals surface area contributed by atoms with E-state index in [9.17, 15) is 9.18 Å². The van der Waals surface area contributed by atoms with Crippen LogP contribution in [-0.4, -0.2) is 20.9 Å². The highest BCUT2D eigenvalue weighted by molar-refractivity contribution is 6.30. The first-order chi connectivity index (χ1) is 8.49. The zero-order chi connectivity index (χ0) is 13.3. The van der Waals surface area contributed by atoms with Crippen molar-refractivity contribution >= 4 is 17.6 Å². The van der Waals surface area contributed by atoms with Gasteiger partial charge >= 0.3 is 5.97 Å². The van der Waals surface area contributed by atoms with E-state index in [0.717, 1.165) is 0 Å². The van der Waals surface area contributed by atoms with Crippen molar-refractivity contribution < 1.29 is 14.3 Å². The molecular formula is C12H10ClFN2O2. The molecule has 0 spiro atoms. The van der Waals surface area contributed by atoms with Crippen molar-refractivity contribution in [2.45, 2.75) is 6.42 Å². The summed E-state index contributed by atoms with van der Waals surface area (Å²) < 4.78 is 15.2. The van der Waals surface area contributed by atoms with Crippen LogP contribution in [0.25, 0.3) is 11.1 Å². The number of hydrogen-bond donors (Lipinski definition) is 1. The Hall–Kier alpha value is -1.88. The molecule has 0 aliphatic carbocycles. The molecule has 4 nitrogen and oxygen atoms in total. The standard InChI is InChI=1S/C12H10ClFN2O2/c1-16-11(5-12(17)18)9(6-15-16)8-4-7(13)2-3-10(8)14/h2-4,6H,5H2,1H3,(H,17,18). The number of nitrogens with zero attached hydrogens (tertiary/aromatic N) is 2. The molecule has 0 unspecified atom stereocenters. The summed E-state index contributed by atoms with van der Waals surface area (Å²) >= 11 is 5.82. The molecule has 2 aromatic rings. The van der Waals surface area contributed by atoms with Gasteiger partial charge in [0.25, 0.3) is 0 Å². The number of aromatic nitrogens is 2. The van der Waals surface area contributed by atoms with E-state index in [2.05, 4.69) is 5.10 Å². The van der Waals surface area contributed by atoms with E-state index in [1.165, 1.54) is 29.1 Å². The SMILES string of the molecule is Cn1ncc(-c2cc(Cl)ccc2F)c1CC(=O)O. The summed E-state index contributed by atoms with van der Waals surface area (Å²) in [6.07, 6.45) is 1.21. The Morgan fingerprint density at radius 2 is 2.22 bits per heavy atom. The molecule has 1 aromatic heterocycles. The maximum atomic E-state index is 13.7. The van der Waals surface area contributed by atoms with Gasteiger partial charge in [-0.3, -0.25) is 9.48 Å². The minimum Gasteiger partial charge on any atom is -0.481 e. The van der Waals surface area contributed by atoms with Crippen LogP contribution < -0.4 is 0 Å². The quantitative estimate of drug-likeness (QED) is 0.931. The predicted molar refractivity (Wildman–Crippen MR) is 65.0 cm³/mol. The van der Waals surface area contributed by atoms with Crippen molar-refractivity contribution in [1.82, 2.24) is 9.78 Å². The summed E-state index contributed by atoms with van der Waals surface area (Å²) in [6.45, 7) is 0. The summed E-state index contributed by atoms with van der Waals surface area (Å²) in [6, 6.07) is 4.14. The van der Waals surface area contributed by atoms with Gasteiger partial charge in [-0.1, -0.05) is 11.6 Å². The van der Waals surface area contributed by atoms with Gasteiger partial charge in [0.05, 0.1) is 18.3 Å². The van der Waals surface area contributed by atoms with Gasteiger partial charge in [0.15, 0.2) is 0 Å². The topological polar surface area (TPSA) is 55.1 Å². The van der Waals surface area contributed by atoms with E-state index >= 15 is 0 Å². The van der Waals surface area contributed by atoms with E-state index in [0.29, 0.717) is 16.3 Å². The Balaban J connectivity index is 2.57. The number of aliphatic carboxylic acids is 1. The molecule has 94 valence electrons. The number of aryl methyl sites for hydroxylation is 1. The van der Waals surface area contributed by atoms with Gasteiger partial charge in [0.1, 0.15) is 5.82 Å². The fourth-order valence-corrected chi connectivity index (χ4v) is 1.92. The molecule has 0 radical (unpaired) electrons. The fraction of sp³-hybridized carbons (Fsp3) is 0.167. The highest BCUT2D eigenvalue weighted by Gasteiger charge is 2.16. The van der Waals surface area contributed by atoms with E-state index in [4.69, 9.17) is 16.7 Å². The molecule has 0 aliphatic heterocycles. The zero-order valence-corrected chi connectivity index (χ0v) is 10.3. The maximum absolute atomic E-state index is 13.7. The van der Waals surface area contributed by atoms with Crippen LogP contribution in [0.5, 0.6) is 0 Å². The van der Waals surface area contributed by atoms with Crippen molar-refractivity contribution in [1.29, 1.82) is 0 Å². The normalized spacial score (nSPS) is 10.6. The van der Waals surface area contributed by atoms with Crippen LogP contribution in [0.4, 0.5) is 4.39 Å². The third-order valence-electron chi connectivity index (χ3n) is 2.60. The molecule has 0 saturated carbocycles. The summed E-state index contributed by atoms with van der Waals surface area (Å²) in [4.78, 5) is 10.8. The van der Waals surface area contributed by atoms with Crippen LogP contribution in [0.1, 0.15) is 5.69 Å². The van der Waals surface area contributed by atoms with E-state index in [-0.39, 0.29) is 12.0 Å². The molecule has 0 saturated heterocycles. The Kier molecular flexibility index (Phi) is 3.34. The number of halogens is 2. The Labute approximate surface area is 108 Å². The number of benzene rings is 1. The molecular weight excluding hydrogens is 259 g/mol. The largest absolute Gasteiger partial charge is 0.481 e. The van der Waals surface area contributed by atoms with Crippen LogP contribution in [0, 0.1) is 5.82 Å². The number of carboxylic acid groups (broad SMARTS) is 1. The summed E-state index contributed by atoms with van der Waals surface area (Å²) in [5, 5.41) is 13.2. The van der Waals surface area contributed by atoms with Gasteiger partial charge in [-0.2, -0.15) is 5.10 Å². The lowest BCUT2D eigenvalue weighted by atomic mass is 10.0. The van der Waals surface area contributed by atoms with E-state index in [1.807, 2.05) is 0 Å². The molecule has 1 aromatic carbocycles. The lowest BCUT2D eigenvalue weighted by molar-refractivity contribution is -0.136. The van der Waals surface area contributed by atoms with E-state index in [1.54, 1.807) is 7.05 Å². The molecule has 0 aliphatic rings. The second-order valence-corrected chi connectivity index (χ2v) is 4.26. The van der Waals surface area contributed by atoms with Gasteiger partial charge in [-0.05, 0) is 18.2 Å².